The highest BCUT2D eigenvalue weighted by atomic mass is 32.1. The summed E-state index contributed by atoms with van der Waals surface area (Å²) in [7, 11) is 1.32. The minimum atomic E-state index is -0.468. The zero-order chi connectivity index (χ0) is 13.3. The van der Waals surface area contributed by atoms with E-state index in [1.165, 1.54) is 18.4 Å². The van der Waals surface area contributed by atoms with E-state index in [9.17, 15) is 4.79 Å². The molecular formula is C11H13N3O2S2. The first-order valence-corrected chi connectivity index (χ1v) is 6.99. The molecule has 2 rings (SSSR count). The number of hydrogen-bond acceptors (Lipinski definition) is 7. The highest BCUT2D eigenvalue weighted by Gasteiger charge is 2.21. The Labute approximate surface area is 113 Å². The van der Waals surface area contributed by atoms with E-state index in [1.807, 2.05) is 5.38 Å². The van der Waals surface area contributed by atoms with Gasteiger partial charge in [-0.1, -0.05) is 32.1 Å². The molecule has 0 spiro atoms. The Morgan fingerprint density at radius 1 is 1.33 bits per heavy atom. The monoisotopic (exact) mass is 283 g/mol. The molecular weight excluding hydrogens is 270 g/mol. The largest absolute Gasteiger partial charge is 0.464 e. The van der Waals surface area contributed by atoms with E-state index in [1.54, 1.807) is 11.3 Å². The van der Waals surface area contributed by atoms with E-state index in [-0.39, 0.29) is 10.4 Å². The van der Waals surface area contributed by atoms with Gasteiger partial charge in [-0.3, -0.25) is 0 Å². The molecule has 0 saturated carbocycles. The van der Waals surface area contributed by atoms with Crippen LogP contribution >= 0.6 is 22.7 Å². The van der Waals surface area contributed by atoms with E-state index < -0.39 is 5.97 Å². The minimum Gasteiger partial charge on any atom is -0.464 e. The molecule has 0 unspecified atom stereocenters. The highest BCUT2D eigenvalue weighted by Crippen LogP contribution is 2.31. The van der Waals surface area contributed by atoms with Gasteiger partial charge in [-0.15, -0.1) is 21.5 Å². The lowest BCUT2D eigenvalue weighted by Gasteiger charge is -2.13. The number of nitrogens with zero attached hydrogens (tertiary/aromatic N) is 3. The number of ether oxygens (including phenoxy) is 1. The molecule has 96 valence electrons. The maximum absolute atomic E-state index is 11.3. The van der Waals surface area contributed by atoms with Crippen LogP contribution in [0.1, 0.15) is 35.6 Å². The van der Waals surface area contributed by atoms with Crippen molar-refractivity contribution in [3.8, 4) is 10.7 Å². The lowest BCUT2D eigenvalue weighted by Crippen LogP contribution is -2.10. The normalized spacial score (nSPS) is 11.6. The Morgan fingerprint density at radius 2 is 2.06 bits per heavy atom. The molecule has 2 heterocycles. The first-order chi connectivity index (χ1) is 8.41. The van der Waals surface area contributed by atoms with E-state index in [0.29, 0.717) is 5.01 Å². The third kappa shape index (κ3) is 2.56. The van der Waals surface area contributed by atoms with Crippen LogP contribution in [0.4, 0.5) is 0 Å². The second kappa shape index (κ2) is 4.74. The predicted octanol–water partition coefficient (Wildman–Crippen LogP) is 2.75. The van der Waals surface area contributed by atoms with Crippen molar-refractivity contribution < 1.29 is 9.53 Å². The molecule has 0 N–H and O–H groups in total. The van der Waals surface area contributed by atoms with Crippen LogP contribution in [0.25, 0.3) is 10.7 Å². The molecule has 0 aromatic carbocycles. The average molecular weight is 283 g/mol. The summed E-state index contributed by atoms with van der Waals surface area (Å²) in [6, 6.07) is 0. The Balaban J connectivity index is 2.30. The first kappa shape index (κ1) is 13.1. The lowest BCUT2D eigenvalue weighted by atomic mass is 9.98. The van der Waals surface area contributed by atoms with Crippen LogP contribution in [0.5, 0.6) is 0 Å². The molecule has 0 fully saturated rings. The van der Waals surface area contributed by atoms with Gasteiger partial charge >= 0.3 is 5.97 Å². The molecule has 0 saturated heterocycles. The minimum absolute atomic E-state index is 0.0127. The van der Waals surface area contributed by atoms with E-state index in [0.717, 1.165) is 10.7 Å². The fourth-order valence-electron chi connectivity index (χ4n) is 1.21. The average Bonchev–Trinajstić information content (AvgIpc) is 2.94. The second-order valence-electron chi connectivity index (χ2n) is 4.69. The Bertz CT molecular complexity index is 569. The van der Waals surface area contributed by atoms with Gasteiger partial charge in [0.05, 0.1) is 12.1 Å². The van der Waals surface area contributed by atoms with Crippen molar-refractivity contribution in [2.24, 2.45) is 0 Å². The van der Waals surface area contributed by atoms with Gasteiger partial charge in [-0.25, -0.2) is 9.78 Å². The van der Waals surface area contributed by atoms with Crippen molar-refractivity contribution in [2.75, 3.05) is 7.11 Å². The molecule has 0 radical (unpaired) electrons. The number of rotatable bonds is 2. The van der Waals surface area contributed by atoms with Crippen molar-refractivity contribution in [3.63, 3.8) is 0 Å². The van der Waals surface area contributed by atoms with Crippen LogP contribution in [0, 0.1) is 0 Å². The predicted molar refractivity (Wildman–Crippen MR) is 71.1 cm³/mol. The summed E-state index contributed by atoms with van der Waals surface area (Å²) >= 11 is 2.78. The molecule has 7 heteroatoms. The van der Waals surface area contributed by atoms with Gasteiger partial charge in [0, 0.05) is 10.8 Å². The molecule has 18 heavy (non-hydrogen) atoms. The number of hydrogen-bond donors (Lipinski definition) is 0. The Morgan fingerprint density at radius 3 is 2.61 bits per heavy atom. The molecule has 0 bridgehead atoms. The topological polar surface area (TPSA) is 65.0 Å². The Kier molecular flexibility index (Phi) is 3.45. The number of carbonyl (C=O) groups is 1. The van der Waals surface area contributed by atoms with E-state index in [2.05, 4.69) is 40.7 Å². The lowest BCUT2D eigenvalue weighted by molar-refractivity contribution is 0.0599. The number of thiazole rings is 1. The summed E-state index contributed by atoms with van der Waals surface area (Å²) in [6.45, 7) is 6.32. The number of aromatic nitrogens is 3. The quantitative estimate of drug-likeness (QED) is 0.793. The van der Waals surface area contributed by atoms with Gasteiger partial charge < -0.3 is 4.74 Å². The van der Waals surface area contributed by atoms with Gasteiger partial charge in [0.15, 0.2) is 5.01 Å². The van der Waals surface area contributed by atoms with Crippen molar-refractivity contribution in [2.45, 2.75) is 26.2 Å². The van der Waals surface area contributed by atoms with Gasteiger partial charge in [0.2, 0.25) is 5.01 Å². The fourth-order valence-corrected chi connectivity index (χ4v) is 2.90. The summed E-state index contributed by atoms with van der Waals surface area (Å²) < 4.78 is 4.60. The SMILES string of the molecule is COC(=O)c1nnc(-c2csc(C(C)(C)C)n2)s1. The van der Waals surface area contributed by atoms with E-state index in [4.69, 9.17) is 0 Å². The molecule has 0 aliphatic rings. The zero-order valence-corrected chi connectivity index (χ0v) is 12.2. The van der Waals surface area contributed by atoms with Gasteiger partial charge in [-0.05, 0) is 0 Å². The van der Waals surface area contributed by atoms with Crippen molar-refractivity contribution in [3.05, 3.63) is 15.4 Å². The van der Waals surface area contributed by atoms with Gasteiger partial charge in [0.1, 0.15) is 5.69 Å². The molecule has 0 aliphatic heterocycles. The summed E-state index contributed by atoms with van der Waals surface area (Å²) in [5.74, 6) is -0.468. The summed E-state index contributed by atoms with van der Waals surface area (Å²) in [5, 5.41) is 11.6. The van der Waals surface area contributed by atoms with Crippen LogP contribution < -0.4 is 0 Å². The summed E-state index contributed by atoms with van der Waals surface area (Å²) in [5.41, 5.74) is 0.774. The standard InChI is InChI=1S/C11H13N3O2S2/c1-11(2,3)10-12-6(5-17-10)7-13-14-8(18-7)9(15)16-4/h5H,1-4H3. The van der Waals surface area contributed by atoms with Crippen LogP contribution in [-0.4, -0.2) is 28.3 Å². The molecule has 5 nitrogen and oxygen atoms in total. The van der Waals surface area contributed by atoms with Crippen molar-refractivity contribution >= 4 is 28.6 Å². The van der Waals surface area contributed by atoms with Crippen molar-refractivity contribution in [1.82, 2.24) is 15.2 Å². The Hall–Kier alpha value is -1.34. The number of esters is 1. The fraction of sp³-hybridized carbons (Fsp3) is 0.455. The third-order valence-corrected chi connectivity index (χ3v) is 4.34. The van der Waals surface area contributed by atoms with Gasteiger partial charge in [-0.2, -0.15) is 0 Å². The molecule has 0 amide bonds. The van der Waals surface area contributed by atoms with Crippen LogP contribution in [0.15, 0.2) is 5.38 Å². The second-order valence-corrected chi connectivity index (χ2v) is 6.53. The summed E-state index contributed by atoms with van der Waals surface area (Å²) in [6.07, 6.45) is 0. The number of carbonyl (C=O) groups excluding carboxylic acids is 1. The first-order valence-electron chi connectivity index (χ1n) is 5.30. The smallest absolute Gasteiger partial charge is 0.369 e. The van der Waals surface area contributed by atoms with Crippen LogP contribution in [-0.2, 0) is 10.2 Å². The third-order valence-electron chi connectivity index (χ3n) is 2.15. The zero-order valence-electron chi connectivity index (χ0n) is 10.6. The van der Waals surface area contributed by atoms with Crippen molar-refractivity contribution in [1.29, 1.82) is 0 Å². The molecule has 2 aromatic rings. The van der Waals surface area contributed by atoms with Crippen LogP contribution in [0.2, 0.25) is 0 Å². The van der Waals surface area contributed by atoms with E-state index >= 15 is 0 Å². The number of methoxy groups -OCH3 is 1. The summed E-state index contributed by atoms with van der Waals surface area (Å²) in [4.78, 5) is 15.8. The van der Waals surface area contributed by atoms with Gasteiger partial charge in [0.25, 0.3) is 0 Å². The molecule has 0 aliphatic carbocycles. The van der Waals surface area contributed by atoms with Crippen LogP contribution in [0.3, 0.4) is 0 Å². The molecule has 2 aromatic heterocycles. The maximum Gasteiger partial charge on any atom is 0.369 e. The highest BCUT2D eigenvalue weighted by molar-refractivity contribution is 7.17. The molecule has 0 atom stereocenters. The maximum atomic E-state index is 11.3.